The van der Waals surface area contributed by atoms with Crippen molar-refractivity contribution in [2.45, 2.75) is 13.0 Å². The van der Waals surface area contributed by atoms with Crippen LogP contribution in [0, 0.1) is 0 Å². The molecule has 3 aromatic rings. The molecule has 0 saturated heterocycles. The largest absolute Gasteiger partial charge is 0.312 e. The van der Waals surface area contributed by atoms with Gasteiger partial charge in [-0.3, -0.25) is 5.10 Å². The minimum atomic E-state index is 0.867. The lowest BCUT2D eigenvalue weighted by Crippen LogP contribution is -2.16. The smallest absolute Gasteiger partial charge is 0.137 e. The maximum Gasteiger partial charge on any atom is 0.137 e. The number of aromatic amines is 1. The molecule has 2 aromatic heterocycles. The lowest BCUT2D eigenvalue weighted by atomic mass is 10.2. The maximum atomic E-state index is 4.10. The summed E-state index contributed by atoms with van der Waals surface area (Å²) < 4.78 is 2.48. The zero-order valence-electron chi connectivity index (χ0n) is 10.2. The Balaban J connectivity index is 1.61. The number of aromatic nitrogens is 3. The van der Waals surface area contributed by atoms with Gasteiger partial charge in [-0.1, -0.05) is 12.1 Å². The predicted octanol–water partition coefficient (Wildman–Crippen LogP) is 3.11. The highest BCUT2D eigenvalue weighted by Crippen LogP contribution is 2.32. The van der Waals surface area contributed by atoms with E-state index in [0.717, 1.165) is 25.3 Å². The molecule has 4 nitrogen and oxygen atoms in total. The number of halogens is 1. The molecular weight excluding hydrogens is 324 g/mol. The summed E-state index contributed by atoms with van der Waals surface area (Å²) >= 11 is 5.37. The van der Waals surface area contributed by atoms with E-state index in [-0.39, 0.29) is 0 Å². The van der Waals surface area contributed by atoms with Gasteiger partial charge in [0, 0.05) is 28.7 Å². The SMILES string of the molecule is Brc1cccc2c(CNCCc3ncn[nH]3)csc12. The van der Waals surface area contributed by atoms with Gasteiger partial charge in [0.25, 0.3) is 0 Å². The molecule has 0 amide bonds. The highest BCUT2D eigenvalue weighted by atomic mass is 79.9. The first-order valence-electron chi connectivity index (χ1n) is 6.04. The summed E-state index contributed by atoms with van der Waals surface area (Å²) in [6.45, 7) is 1.77. The molecular formula is C13H13BrN4S. The van der Waals surface area contributed by atoms with Crippen LogP contribution in [0.5, 0.6) is 0 Å². The van der Waals surface area contributed by atoms with Crippen molar-refractivity contribution >= 4 is 37.4 Å². The van der Waals surface area contributed by atoms with Crippen LogP contribution in [0.4, 0.5) is 0 Å². The standard InChI is InChI=1S/C13H13BrN4S/c14-11-3-1-2-10-9(7-19-13(10)11)6-15-5-4-12-16-8-17-18-12/h1-3,7-8,15H,4-6H2,(H,16,17,18). The van der Waals surface area contributed by atoms with E-state index in [1.54, 1.807) is 17.7 Å². The van der Waals surface area contributed by atoms with Crippen molar-refractivity contribution in [1.29, 1.82) is 0 Å². The zero-order chi connectivity index (χ0) is 13.1. The fourth-order valence-corrected chi connectivity index (χ4v) is 3.62. The second kappa shape index (κ2) is 5.81. The van der Waals surface area contributed by atoms with Crippen LogP contribution in [-0.4, -0.2) is 21.7 Å². The molecule has 0 unspecified atom stereocenters. The van der Waals surface area contributed by atoms with Gasteiger partial charge >= 0.3 is 0 Å². The van der Waals surface area contributed by atoms with E-state index in [0.29, 0.717) is 0 Å². The Hall–Kier alpha value is -1.24. The normalized spacial score (nSPS) is 11.2. The van der Waals surface area contributed by atoms with Gasteiger partial charge < -0.3 is 5.32 Å². The fourth-order valence-electron chi connectivity index (χ4n) is 1.99. The molecule has 0 aliphatic rings. The third-order valence-electron chi connectivity index (χ3n) is 2.95. The molecule has 2 N–H and O–H groups in total. The van der Waals surface area contributed by atoms with Gasteiger partial charge in [0.2, 0.25) is 0 Å². The van der Waals surface area contributed by atoms with E-state index in [4.69, 9.17) is 0 Å². The lowest BCUT2D eigenvalue weighted by Gasteiger charge is -2.03. The highest BCUT2D eigenvalue weighted by Gasteiger charge is 2.06. The number of thiophene rings is 1. The van der Waals surface area contributed by atoms with Crippen molar-refractivity contribution in [3.05, 3.63) is 45.8 Å². The van der Waals surface area contributed by atoms with E-state index in [2.05, 4.69) is 60.0 Å². The van der Waals surface area contributed by atoms with E-state index >= 15 is 0 Å². The number of fused-ring (bicyclic) bond motifs is 1. The van der Waals surface area contributed by atoms with Crippen LogP contribution in [0.25, 0.3) is 10.1 Å². The fraction of sp³-hybridized carbons (Fsp3) is 0.231. The van der Waals surface area contributed by atoms with Crippen LogP contribution < -0.4 is 5.32 Å². The Morgan fingerprint density at radius 1 is 1.37 bits per heavy atom. The summed E-state index contributed by atoms with van der Waals surface area (Å²) in [7, 11) is 0. The summed E-state index contributed by atoms with van der Waals surface area (Å²) in [5.74, 6) is 0.922. The molecule has 19 heavy (non-hydrogen) atoms. The quantitative estimate of drug-likeness (QED) is 0.704. The van der Waals surface area contributed by atoms with Crippen LogP contribution in [0.3, 0.4) is 0 Å². The van der Waals surface area contributed by atoms with Crippen LogP contribution in [0.15, 0.2) is 34.4 Å². The van der Waals surface area contributed by atoms with Crippen molar-refractivity contribution in [2.24, 2.45) is 0 Å². The summed E-state index contributed by atoms with van der Waals surface area (Å²) in [6.07, 6.45) is 2.41. The van der Waals surface area contributed by atoms with Crippen molar-refractivity contribution in [1.82, 2.24) is 20.5 Å². The number of H-pyrrole nitrogens is 1. The average molecular weight is 337 g/mol. The number of hydrogen-bond acceptors (Lipinski definition) is 4. The van der Waals surface area contributed by atoms with Crippen LogP contribution in [0.2, 0.25) is 0 Å². The number of nitrogens with one attached hydrogen (secondary N) is 2. The van der Waals surface area contributed by atoms with Crippen LogP contribution >= 0.6 is 27.3 Å². The number of benzene rings is 1. The second-order valence-corrected chi connectivity index (χ2v) is 5.97. The van der Waals surface area contributed by atoms with Crippen molar-refractivity contribution in [3.63, 3.8) is 0 Å². The molecule has 0 saturated carbocycles. The molecule has 3 rings (SSSR count). The second-order valence-electron chi connectivity index (χ2n) is 4.24. The molecule has 2 heterocycles. The molecule has 0 aliphatic carbocycles. The number of rotatable bonds is 5. The van der Waals surface area contributed by atoms with Crippen molar-refractivity contribution < 1.29 is 0 Å². The minimum absolute atomic E-state index is 0.867. The first kappa shape index (κ1) is 12.8. The van der Waals surface area contributed by atoms with Gasteiger partial charge in [-0.15, -0.1) is 11.3 Å². The molecule has 0 atom stereocenters. The molecule has 0 radical (unpaired) electrons. The minimum Gasteiger partial charge on any atom is -0.312 e. The summed E-state index contributed by atoms with van der Waals surface area (Å²) in [6, 6.07) is 6.33. The van der Waals surface area contributed by atoms with Gasteiger partial charge in [0.1, 0.15) is 12.2 Å². The summed E-state index contributed by atoms with van der Waals surface area (Å²) in [4.78, 5) is 4.10. The molecule has 1 aromatic carbocycles. The summed E-state index contributed by atoms with van der Waals surface area (Å²) in [5, 5.41) is 13.7. The van der Waals surface area contributed by atoms with Gasteiger partial charge in [-0.25, -0.2) is 4.98 Å². The Morgan fingerprint density at radius 3 is 3.16 bits per heavy atom. The number of nitrogens with zero attached hydrogens (tertiary/aromatic N) is 2. The zero-order valence-corrected chi connectivity index (χ0v) is 12.6. The Labute approximate surface area is 123 Å². The van der Waals surface area contributed by atoms with Gasteiger partial charge in [0.05, 0.1) is 0 Å². The first-order valence-corrected chi connectivity index (χ1v) is 7.71. The number of hydrogen-bond donors (Lipinski definition) is 2. The van der Waals surface area contributed by atoms with E-state index < -0.39 is 0 Å². The molecule has 0 spiro atoms. The van der Waals surface area contributed by atoms with E-state index in [9.17, 15) is 0 Å². The summed E-state index contributed by atoms with van der Waals surface area (Å²) in [5.41, 5.74) is 1.35. The van der Waals surface area contributed by atoms with Gasteiger partial charge in [-0.2, -0.15) is 5.10 Å². The lowest BCUT2D eigenvalue weighted by molar-refractivity contribution is 0.675. The molecule has 0 aliphatic heterocycles. The topological polar surface area (TPSA) is 53.6 Å². The Morgan fingerprint density at radius 2 is 2.32 bits per heavy atom. The molecule has 6 heteroatoms. The van der Waals surface area contributed by atoms with Crippen molar-refractivity contribution in [2.75, 3.05) is 6.54 Å². The van der Waals surface area contributed by atoms with E-state index in [1.165, 1.54) is 20.1 Å². The molecule has 0 bridgehead atoms. The predicted molar refractivity (Wildman–Crippen MR) is 81.3 cm³/mol. The maximum absolute atomic E-state index is 4.10. The van der Waals surface area contributed by atoms with Gasteiger partial charge in [0.15, 0.2) is 0 Å². The average Bonchev–Trinajstić information content (AvgIpc) is 3.05. The third kappa shape index (κ3) is 2.86. The Bertz CT molecular complexity index is 662. The highest BCUT2D eigenvalue weighted by molar-refractivity contribution is 9.10. The van der Waals surface area contributed by atoms with Crippen molar-refractivity contribution in [3.8, 4) is 0 Å². The first-order chi connectivity index (χ1) is 9.34. The van der Waals surface area contributed by atoms with E-state index in [1.807, 2.05) is 0 Å². The van der Waals surface area contributed by atoms with Crippen LogP contribution in [-0.2, 0) is 13.0 Å². The monoisotopic (exact) mass is 336 g/mol. The van der Waals surface area contributed by atoms with Gasteiger partial charge in [-0.05, 0) is 38.3 Å². The molecule has 0 fully saturated rings. The van der Waals surface area contributed by atoms with Crippen LogP contribution in [0.1, 0.15) is 11.4 Å². The Kier molecular flexibility index (Phi) is 3.91. The third-order valence-corrected chi connectivity index (χ3v) is 4.95. The molecule has 98 valence electrons.